The van der Waals surface area contributed by atoms with E-state index in [4.69, 9.17) is 9.47 Å². The molecule has 0 N–H and O–H groups in total. The van der Waals surface area contributed by atoms with Gasteiger partial charge in [0.1, 0.15) is 6.10 Å². The first kappa shape index (κ1) is 10.9. The molecule has 0 aromatic rings. The normalized spacial score (nSPS) is 33.4. The van der Waals surface area contributed by atoms with Crippen molar-refractivity contribution >= 4 is 11.9 Å². The van der Waals surface area contributed by atoms with Crippen LogP contribution in [0.25, 0.3) is 0 Å². The maximum atomic E-state index is 11.3. The van der Waals surface area contributed by atoms with E-state index in [9.17, 15) is 9.59 Å². The van der Waals surface area contributed by atoms with E-state index in [1.807, 2.05) is 0 Å². The SMILES string of the molecule is C=C(C)C(=O)OC1C2CC21OC(=O)C(=C)C. The second kappa shape index (κ2) is 3.20. The van der Waals surface area contributed by atoms with Gasteiger partial charge in [-0.05, 0) is 13.8 Å². The molecule has 0 saturated heterocycles. The number of esters is 2. The van der Waals surface area contributed by atoms with Crippen LogP contribution < -0.4 is 0 Å². The highest BCUT2D eigenvalue weighted by Gasteiger charge is 2.86. The standard InChI is InChI=1S/C12H14O4/c1-6(2)10(13)15-9-8-5-12(8,9)16-11(14)7(3)4/h8-9H,1,3,5H2,2,4H3. The molecule has 86 valence electrons. The van der Waals surface area contributed by atoms with Crippen molar-refractivity contribution in [2.45, 2.75) is 32.0 Å². The molecule has 2 saturated carbocycles. The van der Waals surface area contributed by atoms with Gasteiger partial charge in [0.25, 0.3) is 0 Å². The van der Waals surface area contributed by atoms with Gasteiger partial charge in [-0.15, -0.1) is 0 Å². The second-order valence-electron chi connectivity index (χ2n) is 4.54. The quantitative estimate of drug-likeness (QED) is 0.532. The van der Waals surface area contributed by atoms with Gasteiger partial charge in [-0.1, -0.05) is 13.2 Å². The molecule has 2 aliphatic carbocycles. The summed E-state index contributed by atoms with van der Waals surface area (Å²) < 4.78 is 10.4. The Morgan fingerprint density at radius 3 is 2.19 bits per heavy atom. The maximum Gasteiger partial charge on any atom is 0.333 e. The van der Waals surface area contributed by atoms with Crippen molar-refractivity contribution in [1.29, 1.82) is 0 Å². The second-order valence-corrected chi connectivity index (χ2v) is 4.54. The van der Waals surface area contributed by atoms with E-state index in [1.165, 1.54) is 0 Å². The van der Waals surface area contributed by atoms with Crippen LogP contribution in [0.3, 0.4) is 0 Å². The summed E-state index contributed by atoms with van der Waals surface area (Å²) in [4.78, 5) is 22.6. The Bertz CT molecular complexity index is 409. The molecule has 0 spiro atoms. The van der Waals surface area contributed by atoms with Crippen LogP contribution in [0.2, 0.25) is 0 Å². The predicted molar refractivity (Wildman–Crippen MR) is 56.4 cm³/mol. The molecule has 2 aliphatic rings. The van der Waals surface area contributed by atoms with Crippen molar-refractivity contribution in [3.05, 3.63) is 24.3 Å². The zero-order valence-corrected chi connectivity index (χ0v) is 9.41. The fourth-order valence-corrected chi connectivity index (χ4v) is 1.64. The molecular weight excluding hydrogens is 208 g/mol. The van der Waals surface area contributed by atoms with Gasteiger partial charge in [0, 0.05) is 23.5 Å². The highest BCUT2D eigenvalue weighted by molar-refractivity contribution is 5.89. The summed E-state index contributed by atoms with van der Waals surface area (Å²) in [6.45, 7) is 10.2. The van der Waals surface area contributed by atoms with Crippen molar-refractivity contribution < 1.29 is 19.1 Å². The van der Waals surface area contributed by atoms with Gasteiger partial charge < -0.3 is 9.47 Å². The first-order valence-electron chi connectivity index (χ1n) is 5.14. The van der Waals surface area contributed by atoms with E-state index in [1.54, 1.807) is 13.8 Å². The van der Waals surface area contributed by atoms with Gasteiger partial charge in [0.05, 0.1) is 0 Å². The van der Waals surface area contributed by atoms with Gasteiger partial charge in [0.15, 0.2) is 5.60 Å². The highest BCUT2D eigenvalue weighted by atomic mass is 16.6. The molecule has 0 heterocycles. The molecule has 3 atom stereocenters. The van der Waals surface area contributed by atoms with Crippen molar-refractivity contribution in [2.75, 3.05) is 0 Å². The van der Waals surface area contributed by atoms with Gasteiger partial charge in [0.2, 0.25) is 0 Å². The van der Waals surface area contributed by atoms with Crippen LogP contribution in [0, 0.1) is 5.92 Å². The molecular formula is C12H14O4. The Hall–Kier alpha value is -1.58. The molecule has 4 heteroatoms. The van der Waals surface area contributed by atoms with Crippen LogP contribution in [0.1, 0.15) is 20.3 Å². The van der Waals surface area contributed by atoms with E-state index in [2.05, 4.69) is 13.2 Å². The Labute approximate surface area is 93.9 Å². The first-order chi connectivity index (χ1) is 7.38. The van der Waals surface area contributed by atoms with E-state index < -0.39 is 17.5 Å². The summed E-state index contributed by atoms with van der Waals surface area (Å²) in [5, 5.41) is 0. The summed E-state index contributed by atoms with van der Waals surface area (Å²) in [5.74, 6) is -0.668. The molecule has 16 heavy (non-hydrogen) atoms. The van der Waals surface area contributed by atoms with E-state index in [0.717, 1.165) is 6.42 Å². The Kier molecular flexibility index (Phi) is 2.19. The zero-order chi connectivity index (χ0) is 12.1. The number of hydrogen-bond acceptors (Lipinski definition) is 4. The summed E-state index contributed by atoms with van der Waals surface area (Å²) in [6, 6.07) is 0. The smallest absolute Gasteiger partial charge is 0.333 e. The average Bonchev–Trinajstić information content (AvgIpc) is 3.02. The minimum Gasteiger partial charge on any atom is -0.454 e. The first-order valence-corrected chi connectivity index (χ1v) is 5.14. The summed E-state index contributed by atoms with van der Waals surface area (Å²) in [7, 11) is 0. The molecule has 2 rings (SSSR count). The lowest BCUT2D eigenvalue weighted by molar-refractivity contribution is -0.153. The third-order valence-corrected chi connectivity index (χ3v) is 2.96. The monoisotopic (exact) mass is 222 g/mol. The largest absolute Gasteiger partial charge is 0.454 e. The van der Waals surface area contributed by atoms with Crippen LogP contribution in [-0.4, -0.2) is 23.6 Å². The highest BCUT2D eigenvalue weighted by Crippen LogP contribution is 2.71. The van der Waals surface area contributed by atoms with E-state index in [0.29, 0.717) is 11.1 Å². The molecule has 0 aliphatic heterocycles. The zero-order valence-electron chi connectivity index (χ0n) is 9.41. The molecule has 2 fully saturated rings. The van der Waals surface area contributed by atoms with Crippen LogP contribution in [0.15, 0.2) is 24.3 Å². The van der Waals surface area contributed by atoms with Gasteiger partial charge in [-0.2, -0.15) is 0 Å². The number of carbonyl (C=O) groups is 2. The fraction of sp³-hybridized carbons (Fsp3) is 0.500. The molecule has 0 radical (unpaired) electrons. The Morgan fingerprint density at radius 2 is 1.75 bits per heavy atom. The third-order valence-electron chi connectivity index (χ3n) is 2.96. The van der Waals surface area contributed by atoms with Gasteiger partial charge in [-0.3, -0.25) is 0 Å². The lowest BCUT2D eigenvalue weighted by Gasteiger charge is -2.13. The molecule has 4 nitrogen and oxygen atoms in total. The number of fused-ring (bicyclic) bond motifs is 1. The number of carbonyl (C=O) groups excluding carboxylic acids is 2. The van der Waals surface area contributed by atoms with Crippen LogP contribution in [0.4, 0.5) is 0 Å². The minimum absolute atomic E-state index is 0.180. The Balaban J connectivity index is 1.87. The van der Waals surface area contributed by atoms with Gasteiger partial charge >= 0.3 is 11.9 Å². The summed E-state index contributed by atoms with van der Waals surface area (Å²) >= 11 is 0. The summed E-state index contributed by atoms with van der Waals surface area (Å²) in [6.07, 6.45) is 0.500. The molecule has 0 amide bonds. The lowest BCUT2D eigenvalue weighted by atomic mass is 10.3. The predicted octanol–water partition coefficient (Wildman–Crippen LogP) is 1.37. The third kappa shape index (κ3) is 1.54. The molecule has 0 aromatic carbocycles. The van der Waals surface area contributed by atoms with Crippen molar-refractivity contribution in [2.24, 2.45) is 5.92 Å². The number of hydrogen-bond donors (Lipinski definition) is 0. The van der Waals surface area contributed by atoms with Crippen LogP contribution in [-0.2, 0) is 19.1 Å². The Morgan fingerprint density at radius 1 is 1.19 bits per heavy atom. The minimum atomic E-state index is -0.541. The lowest BCUT2D eigenvalue weighted by Crippen LogP contribution is -2.23. The number of ether oxygens (including phenoxy) is 2. The molecule has 0 aromatic heterocycles. The van der Waals surface area contributed by atoms with E-state index in [-0.39, 0.29) is 12.0 Å². The number of rotatable bonds is 4. The average molecular weight is 222 g/mol. The maximum absolute atomic E-state index is 11.3. The molecule has 0 bridgehead atoms. The van der Waals surface area contributed by atoms with Crippen LogP contribution >= 0.6 is 0 Å². The van der Waals surface area contributed by atoms with E-state index >= 15 is 0 Å². The van der Waals surface area contributed by atoms with Crippen molar-refractivity contribution in [3.8, 4) is 0 Å². The van der Waals surface area contributed by atoms with Crippen molar-refractivity contribution in [1.82, 2.24) is 0 Å². The summed E-state index contributed by atoms with van der Waals surface area (Å²) in [5.41, 5.74) is 0.172. The van der Waals surface area contributed by atoms with Crippen LogP contribution in [0.5, 0.6) is 0 Å². The fourth-order valence-electron chi connectivity index (χ4n) is 1.64. The molecule has 3 unspecified atom stereocenters. The van der Waals surface area contributed by atoms with Crippen molar-refractivity contribution in [3.63, 3.8) is 0 Å². The topological polar surface area (TPSA) is 52.6 Å². The van der Waals surface area contributed by atoms with Gasteiger partial charge in [-0.25, -0.2) is 9.59 Å².